The second-order valence-corrected chi connectivity index (χ2v) is 6.29. The molecule has 0 fully saturated rings. The van der Waals surface area contributed by atoms with Gasteiger partial charge in [0.25, 0.3) is 10.0 Å². The maximum atomic E-state index is 12.3. The summed E-state index contributed by atoms with van der Waals surface area (Å²) < 4.78 is 28.5. The molecule has 0 bridgehead atoms. The number of aromatic nitrogens is 2. The topological polar surface area (TPSA) is 90.0 Å². The van der Waals surface area contributed by atoms with Crippen molar-refractivity contribution in [3.8, 4) is 0 Å². The van der Waals surface area contributed by atoms with E-state index in [0.717, 1.165) is 6.42 Å². The van der Waals surface area contributed by atoms with E-state index in [1.54, 1.807) is 24.3 Å². The highest BCUT2D eigenvalue weighted by Crippen LogP contribution is 2.25. The van der Waals surface area contributed by atoms with Crippen LogP contribution < -0.4 is 10.5 Å². The van der Waals surface area contributed by atoms with Crippen LogP contribution in [0.3, 0.4) is 0 Å². The standard InChI is InChI=1S/C12H15ClN4O2S/c1-2-7-17-8-11(12(14)15-17)20(18,19)16-10-6-4-3-5-9(10)13/h3-6,8,16H,2,7H2,1H3,(H2,14,15). The smallest absolute Gasteiger partial charge is 0.267 e. The molecule has 20 heavy (non-hydrogen) atoms. The van der Waals surface area contributed by atoms with Gasteiger partial charge in [-0.1, -0.05) is 30.7 Å². The third-order valence-electron chi connectivity index (χ3n) is 2.62. The third-order valence-corrected chi connectivity index (χ3v) is 4.33. The number of benzene rings is 1. The van der Waals surface area contributed by atoms with E-state index in [1.807, 2.05) is 6.92 Å². The minimum Gasteiger partial charge on any atom is -0.381 e. The zero-order valence-electron chi connectivity index (χ0n) is 10.9. The molecule has 0 saturated carbocycles. The van der Waals surface area contributed by atoms with Crippen LogP contribution in [0.25, 0.3) is 0 Å². The maximum absolute atomic E-state index is 12.3. The van der Waals surface area contributed by atoms with Gasteiger partial charge < -0.3 is 5.73 Å². The molecule has 0 aliphatic heterocycles. The molecule has 3 N–H and O–H groups in total. The van der Waals surface area contributed by atoms with Crippen LogP contribution in [0.15, 0.2) is 35.4 Å². The quantitative estimate of drug-likeness (QED) is 0.886. The van der Waals surface area contributed by atoms with Gasteiger partial charge in [0.1, 0.15) is 4.90 Å². The lowest BCUT2D eigenvalue weighted by Crippen LogP contribution is -2.14. The number of hydrogen-bond acceptors (Lipinski definition) is 4. The number of para-hydroxylation sites is 1. The number of rotatable bonds is 5. The molecule has 1 heterocycles. The molecular formula is C12H15ClN4O2S. The molecule has 0 spiro atoms. The Kier molecular flexibility index (Phi) is 4.20. The first-order valence-electron chi connectivity index (χ1n) is 6.04. The van der Waals surface area contributed by atoms with E-state index in [-0.39, 0.29) is 10.7 Å². The van der Waals surface area contributed by atoms with Crippen LogP contribution in [0.1, 0.15) is 13.3 Å². The van der Waals surface area contributed by atoms with E-state index in [1.165, 1.54) is 10.9 Å². The van der Waals surface area contributed by atoms with Crippen molar-refractivity contribution in [2.24, 2.45) is 0 Å². The predicted octanol–water partition coefficient (Wildman–Crippen LogP) is 2.33. The van der Waals surface area contributed by atoms with E-state index in [2.05, 4.69) is 9.82 Å². The molecule has 0 unspecified atom stereocenters. The number of hydrogen-bond donors (Lipinski definition) is 2. The van der Waals surface area contributed by atoms with Gasteiger partial charge in [0.05, 0.1) is 10.7 Å². The van der Waals surface area contributed by atoms with Gasteiger partial charge in [-0.3, -0.25) is 9.40 Å². The third kappa shape index (κ3) is 3.05. The summed E-state index contributed by atoms with van der Waals surface area (Å²) in [4.78, 5) is -0.0501. The van der Waals surface area contributed by atoms with Gasteiger partial charge in [-0.25, -0.2) is 8.42 Å². The number of nitrogens with zero attached hydrogens (tertiary/aromatic N) is 2. The molecule has 1 aromatic carbocycles. The second-order valence-electron chi connectivity index (χ2n) is 4.23. The van der Waals surface area contributed by atoms with Gasteiger partial charge >= 0.3 is 0 Å². The van der Waals surface area contributed by atoms with E-state index >= 15 is 0 Å². The number of anilines is 2. The molecule has 108 valence electrons. The first-order valence-corrected chi connectivity index (χ1v) is 7.90. The summed E-state index contributed by atoms with van der Waals surface area (Å²) in [7, 11) is -3.81. The average Bonchev–Trinajstić information content (AvgIpc) is 2.74. The monoisotopic (exact) mass is 314 g/mol. The van der Waals surface area contributed by atoms with E-state index in [9.17, 15) is 8.42 Å². The van der Waals surface area contributed by atoms with E-state index < -0.39 is 10.0 Å². The molecule has 0 atom stereocenters. The van der Waals surface area contributed by atoms with Crippen molar-refractivity contribution in [2.75, 3.05) is 10.5 Å². The Hall–Kier alpha value is -1.73. The Morgan fingerprint density at radius 2 is 2.10 bits per heavy atom. The molecule has 1 aromatic heterocycles. The van der Waals surface area contributed by atoms with Crippen molar-refractivity contribution in [1.82, 2.24) is 9.78 Å². The molecule has 8 heteroatoms. The van der Waals surface area contributed by atoms with Crippen molar-refractivity contribution in [3.63, 3.8) is 0 Å². The minimum absolute atomic E-state index is 0.0296. The van der Waals surface area contributed by atoms with Crippen LogP contribution in [0.5, 0.6) is 0 Å². The lowest BCUT2D eigenvalue weighted by molar-refractivity contribution is 0.595. The molecule has 0 amide bonds. The summed E-state index contributed by atoms with van der Waals surface area (Å²) in [5, 5.41) is 4.29. The van der Waals surface area contributed by atoms with Crippen LogP contribution in [0, 0.1) is 0 Å². The van der Waals surface area contributed by atoms with Gasteiger partial charge in [-0.15, -0.1) is 0 Å². The summed E-state index contributed by atoms with van der Waals surface area (Å²) in [6.45, 7) is 2.57. The lowest BCUT2D eigenvalue weighted by Gasteiger charge is -2.08. The number of nitrogen functional groups attached to an aromatic ring is 1. The number of aryl methyl sites for hydroxylation is 1. The van der Waals surface area contributed by atoms with Gasteiger partial charge in [0.15, 0.2) is 5.82 Å². The first-order chi connectivity index (χ1) is 9.44. The summed E-state index contributed by atoms with van der Waals surface area (Å²) in [6.07, 6.45) is 2.25. The average molecular weight is 315 g/mol. The predicted molar refractivity (Wildman–Crippen MR) is 79.2 cm³/mol. The van der Waals surface area contributed by atoms with Crippen LogP contribution in [0.2, 0.25) is 5.02 Å². The van der Waals surface area contributed by atoms with E-state index in [0.29, 0.717) is 17.3 Å². The Labute approximate surface area is 122 Å². The van der Waals surface area contributed by atoms with Crippen LogP contribution in [-0.4, -0.2) is 18.2 Å². The molecule has 0 aliphatic rings. The normalized spacial score (nSPS) is 11.5. The van der Waals surface area contributed by atoms with Crippen molar-refractivity contribution in [3.05, 3.63) is 35.5 Å². The first kappa shape index (κ1) is 14.7. The van der Waals surface area contributed by atoms with Gasteiger partial charge in [-0.2, -0.15) is 5.10 Å². The highest BCUT2D eigenvalue weighted by atomic mass is 35.5. The van der Waals surface area contributed by atoms with Gasteiger partial charge in [0.2, 0.25) is 0 Å². The molecule has 2 rings (SSSR count). The summed E-state index contributed by atoms with van der Waals surface area (Å²) in [5.74, 6) is -0.0296. The molecule has 2 aromatic rings. The second kappa shape index (κ2) is 5.72. The van der Waals surface area contributed by atoms with Gasteiger partial charge in [0, 0.05) is 12.7 Å². The fourth-order valence-electron chi connectivity index (χ4n) is 1.71. The maximum Gasteiger partial charge on any atom is 0.267 e. The molecule has 0 radical (unpaired) electrons. The largest absolute Gasteiger partial charge is 0.381 e. The minimum atomic E-state index is -3.81. The fraction of sp³-hybridized carbons (Fsp3) is 0.250. The number of nitrogens with one attached hydrogen (secondary N) is 1. The van der Waals surface area contributed by atoms with Crippen LogP contribution >= 0.6 is 11.6 Å². The zero-order valence-corrected chi connectivity index (χ0v) is 12.4. The van der Waals surface area contributed by atoms with Crippen LogP contribution in [-0.2, 0) is 16.6 Å². The lowest BCUT2D eigenvalue weighted by atomic mass is 10.3. The Bertz CT molecular complexity index is 712. The molecule has 0 saturated heterocycles. The Morgan fingerprint density at radius 1 is 1.40 bits per heavy atom. The summed E-state index contributed by atoms with van der Waals surface area (Å²) in [5.41, 5.74) is 5.97. The Morgan fingerprint density at radius 3 is 2.75 bits per heavy atom. The number of nitrogens with two attached hydrogens (primary N) is 1. The highest BCUT2D eigenvalue weighted by molar-refractivity contribution is 7.92. The summed E-state index contributed by atoms with van der Waals surface area (Å²) >= 11 is 5.93. The van der Waals surface area contributed by atoms with Gasteiger partial charge in [-0.05, 0) is 18.6 Å². The number of sulfonamides is 1. The van der Waals surface area contributed by atoms with Crippen LogP contribution in [0.4, 0.5) is 11.5 Å². The van der Waals surface area contributed by atoms with Crippen molar-refractivity contribution in [2.45, 2.75) is 24.8 Å². The Balaban J connectivity index is 2.33. The SMILES string of the molecule is CCCn1cc(S(=O)(=O)Nc2ccccc2Cl)c(N)n1. The summed E-state index contributed by atoms with van der Waals surface area (Å²) in [6, 6.07) is 6.58. The molecule has 0 aliphatic carbocycles. The van der Waals surface area contributed by atoms with Crippen molar-refractivity contribution in [1.29, 1.82) is 0 Å². The van der Waals surface area contributed by atoms with Crippen molar-refractivity contribution >= 4 is 33.1 Å². The van der Waals surface area contributed by atoms with Crippen molar-refractivity contribution < 1.29 is 8.42 Å². The molecular weight excluding hydrogens is 300 g/mol. The van der Waals surface area contributed by atoms with E-state index in [4.69, 9.17) is 17.3 Å². The number of halogens is 1. The fourth-order valence-corrected chi connectivity index (χ4v) is 3.11. The molecule has 6 nitrogen and oxygen atoms in total. The zero-order chi connectivity index (χ0) is 14.8. The highest BCUT2D eigenvalue weighted by Gasteiger charge is 2.22.